The number of aromatic nitrogens is 2. The molecule has 0 unspecified atom stereocenters. The molecule has 0 radical (unpaired) electrons. The van der Waals surface area contributed by atoms with Gasteiger partial charge >= 0.3 is 5.97 Å². The number of hydrogen-bond donors (Lipinski definition) is 3. The van der Waals surface area contributed by atoms with Gasteiger partial charge in [0.2, 0.25) is 5.88 Å². The van der Waals surface area contributed by atoms with Crippen LogP contribution in [-0.2, 0) is 0 Å². The lowest BCUT2D eigenvalue weighted by Gasteiger charge is -2.08. The number of H-pyrrole nitrogens is 1. The van der Waals surface area contributed by atoms with Crippen LogP contribution >= 0.6 is 0 Å². The minimum atomic E-state index is -1.55. The summed E-state index contributed by atoms with van der Waals surface area (Å²) in [5.74, 6) is -2.25. The summed E-state index contributed by atoms with van der Waals surface area (Å²) in [5, 5.41) is 19.9. The molecule has 0 aliphatic heterocycles. The van der Waals surface area contributed by atoms with E-state index in [1.807, 2.05) is 0 Å². The average Bonchev–Trinajstić information content (AvgIpc) is 2.43. The summed E-state index contributed by atoms with van der Waals surface area (Å²) in [4.78, 5) is 38.3. The van der Waals surface area contributed by atoms with E-state index in [4.69, 9.17) is 15.6 Å². The number of carboxylic acid groups (broad SMARTS) is 1. The van der Waals surface area contributed by atoms with Gasteiger partial charge in [0.1, 0.15) is 0 Å². The van der Waals surface area contributed by atoms with Gasteiger partial charge in [-0.05, 0) is 6.07 Å². The number of aromatic carboxylic acids is 1. The number of nitrogens with two attached hydrogens (primary N) is 1. The predicted octanol–water partition coefficient (Wildman–Crippen LogP) is 0.751. The highest BCUT2D eigenvalue weighted by Crippen LogP contribution is 2.32. The quantitative estimate of drug-likeness (QED) is 0.549. The number of nitro groups is 1. The number of rotatable bonds is 4. The van der Waals surface area contributed by atoms with Crippen LogP contribution < -0.4 is 16.0 Å². The number of aromatic amines is 1. The summed E-state index contributed by atoms with van der Waals surface area (Å²) < 4.78 is 5.13. The number of ether oxygens (including phenoxy) is 1. The smallest absolute Gasteiger partial charge is 0.346 e. The second-order valence-corrected chi connectivity index (χ2v) is 3.77. The van der Waals surface area contributed by atoms with Gasteiger partial charge in [0.15, 0.2) is 17.0 Å². The Morgan fingerprint density at radius 2 is 2.19 bits per heavy atom. The van der Waals surface area contributed by atoms with Crippen molar-refractivity contribution in [2.75, 3.05) is 5.73 Å². The third-order valence-corrected chi connectivity index (χ3v) is 2.47. The predicted molar refractivity (Wildman–Crippen MR) is 69.4 cm³/mol. The molecule has 0 bridgehead atoms. The van der Waals surface area contributed by atoms with Crippen LogP contribution in [0.1, 0.15) is 10.4 Å². The first-order chi connectivity index (χ1) is 9.91. The van der Waals surface area contributed by atoms with Gasteiger partial charge in [0, 0.05) is 6.07 Å². The Morgan fingerprint density at radius 1 is 1.48 bits per heavy atom. The van der Waals surface area contributed by atoms with E-state index in [1.165, 1.54) is 12.1 Å². The minimum Gasteiger partial charge on any atom is -0.477 e. The highest BCUT2D eigenvalue weighted by atomic mass is 16.6. The number of anilines is 1. The number of nitrogens with one attached hydrogen (secondary N) is 1. The lowest BCUT2D eigenvalue weighted by molar-refractivity contribution is -0.385. The Morgan fingerprint density at radius 3 is 2.81 bits per heavy atom. The van der Waals surface area contributed by atoms with Crippen LogP contribution in [0.2, 0.25) is 0 Å². The first-order valence-corrected chi connectivity index (χ1v) is 5.43. The fraction of sp³-hybridized carbons (Fsp3) is 0. The summed E-state index contributed by atoms with van der Waals surface area (Å²) >= 11 is 0. The van der Waals surface area contributed by atoms with Crippen molar-refractivity contribution in [3.8, 4) is 11.6 Å². The Kier molecular flexibility index (Phi) is 3.52. The highest BCUT2D eigenvalue weighted by molar-refractivity contribution is 5.95. The number of nitrogens with zero attached hydrogens (tertiary/aromatic N) is 2. The van der Waals surface area contributed by atoms with Gasteiger partial charge in [-0.2, -0.15) is 0 Å². The zero-order chi connectivity index (χ0) is 15.6. The van der Waals surface area contributed by atoms with Crippen LogP contribution in [0.15, 0.2) is 29.3 Å². The minimum absolute atomic E-state index is 0.346. The number of nitrogen functional groups attached to an aromatic ring is 1. The van der Waals surface area contributed by atoms with Crippen molar-refractivity contribution in [1.29, 1.82) is 0 Å². The van der Waals surface area contributed by atoms with Crippen LogP contribution in [-0.4, -0.2) is 26.0 Å². The number of carboxylic acids is 1. The fourth-order valence-electron chi connectivity index (χ4n) is 1.55. The van der Waals surface area contributed by atoms with E-state index in [0.29, 0.717) is 0 Å². The maximum atomic E-state index is 11.3. The molecule has 2 rings (SSSR count). The molecule has 0 spiro atoms. The lowest BCUT2D eigenvalue weighted by atomic mass is 10.1. The van der Waals surface area contributed by atoms with E-state index in [0.717, 1.165) is 12.4 Å². The van der Waals surface area contributed by atoms with E-state index in [9.17, 15) is 19.7 Å². The third kappa shape index (κ3) is 2.63. The standard InChI is InChI=1S/C11H8N4O6/c12-8-9(16)13-4-14-10(8)21-6-3-1-2-5(15(19)20)7(6)11(17)18/h1-4H,12H2,(H,17,18)(H,13,14,16). The van der Waals surface area contributed by atoms with Crippen LogP contribution in [0.25, 0.3) is 0 Å². The normalized spacial score (nSPS) is 10.1. The van der Waals surface area contributed by atoms with E-state index in [-0.39, 0.29) is 17.3 Å². The monoisotopic (exact) mass is 292 g/mol. The van der Waals surface area contributed by atoms with Gasteiger partial charge in [-0.3, -0.25) is 14.9 Å². The molecular weight excluding hydrogens is 284 g/mol. The van der Waals surface area contributed by atoms with Gasteiger partial charge in [0.25, 0.3) is 11.2 Å². The molecule has 1 aromatic heterocycles. The number of carbonyl (C=O) groups is 1. The van der Waals surface area contributed by atoms with Crippen LogP contribution in [0.5, 0.6) is 11.6 Å². The third-order valence-electron chi connectivity index (χ3n) is 2.47. The molecule has 1 heterocycles. The van der Waals surface area contributed by atoms with Crippen molar-refractivity contribution in [2.24, 2.45) is 0 Å². The topological polar surface area (TPSA) is 161 Å². The first-order valence-electron chi connectivity index (χ1n) is 5.43. The van der Waals surface area contributed by atoms with Crippen molar-refractivity contribution in [1.82, 2.24) is 9.97 Å². The van der Waals surface area contributed by atoms with Crippen molar-refractivity contribution >= 4 is 17.3 Å². The molecule has 10 nitrogen and oxygen atoms in total. The molecule has 1 aromatic carbocycles. The summed E-state index contributed by atoms with van der Waals surface area (Å²) in [6.45, 7) is 0. The van der Waals surface area contributed by atoms with E-state index in [1.54, 1.807) is 0 Å². The Bertz CT molecular complexity index is 785. The second kappa shape index (κ2) is 5.28. The molecule has 0 aliphatic carbocycles. The molecule has 108 valence electrons. The number of benzene rings is 1. The first kappa shape index (κ1) is 14.0. The number of nitro benzene ring substituents is 1. The Balaban J connectivity index is 2.57. The molecule has 0 saturated heterocycles. The van der Waals surface area contributed by atoms with Crippen molar-refractivity contribution in [2.45, 2.75) is 0 Å². The SMILES string of the molecule is Nc1c(Oc2cccc([N+](=O)[O-])c2C(=O)O)nc[nH]c1=O. The van der Waals surface area contributed by atoms with Crippen molar-refractivity contribution in [3.05, 3.63) is 50.6 Å². The van der Waals surface area contributed by atoms with E-state index < -0.39 is 27.7 Å². The molecular formula is C11H8N4O6. The summed E-state index contributed by atoms with van der Waals surface area (Å²) in [6.07, 6.45) is 1.01. The van der Waals surface area contributed by atoms with Gasteiger partial charge in [-0.1, -0.05) is 6.07 Å². The van der Waals surface area contributed by atoms with Crippen LogP contribution in [0.3, 0.4) is 0 Å². The average molecular weight is 292 g/mol. The molecule has 0 amide bonds. The molecule has 2 aromatic rings. The molecule has 0 atom stereocenters. The summed E-state index contributed by atoms with van der Waals surface area (Å²) in [7, 11) is 0. The van der Waals surface area contributed by atoms with Crippen LogP contribution in [0.4, 0.5) is 11.4 Å². The van der Waals surface area contributed by atoms with Gasteiger partial charge in [-0.25, -0.2) is 9.78 Å². The van der Waals surface area contributed by atoms with Crippen molar-refractivity contribution in [3.63, 3.8) is 0 Å². The zero-order valence-corrected chi connectivity index (χ0v) is 10.3. The molecule has 10 heteroatoms. The van der Waals surface area contributed by atoms with Crippen LogP contribution in [0, 0.1) is 10.1 Å². The maximum Gasteiger partial charge on any atom is 0.346 e. The van der Waals surface area contributed by atoms with Crippen molar-refractivity contribution < 1.29 is 19.6 Å². The largest absolute Gasteiger partial charge is 0.477 e. The zero-order valence-electron chi connectivity index (χ0n) is 10.3. The number of hydrogen-bond acceptors (Lipinski definition) is 7. The highest BCUT2D eigenvalue weighted by Gasteiger charge is 2.25. The van der Waals surface area contributed by atoms with Gasteiger partial charge < -0.3 is 20.6 Å². The fourth-order valence-corrected chi connectivity index (χ4v) is 1.55. The lowest BCUT2D eigenvalue weighted by Crippen LogP contribution is -2.14. The van der Waals surface area contributed by atoms with E-state index in [2.05, 4.69) is 9.97 Å². The maximum absolute atomic E-state index is 11.3. The second-order valence-electron chi connectivity index (χ2n) is 3.77. The molecule has 21 heavy (non-hydrogen) atoms. The van der Waals surface area contributed by atoms with Gasteiger partial charge in [0.05, 0.1) is 11.3 Å². The molecule has 0 saturated carbocycles. The Labute approximate surface area is 116 Å². The van der Waals surface area contributed by atoms with E-state index >= 15 is 0 Å². The Hall–Kier alpha value is -3.43. The molecule has 4 N–H and O–H groups in total. The summed E-state index contributed by atoms with van der Waals surface area (Å²) in [6, 6.07) is 3.45. The van der Waals surface area contributed by atoms with Gasteiger partial charge in [-0.15, -0.1) is 0 Å². The summed E-state index contributed by atoms with van der Waals surface area (Å²) in [5.41, 5.74) is 3.08. The molecule has 0 aliphatic rings. The molecule has 0 fully saturated rings.